The number of halogens is 1. The molecule has 1 N–H and O–H groups in total. The normalized spacial score (nSPS) is 12.3. The Labute approximate surface area is 142 Å². The van der Waals surface area contributed by atoms with E-state index in [1.54, 1.807) is 20.8 Å². The minimum absolute atomic E-state index is 0.151. The topological polar surface area (TPSA) is 90.0 Å². The molecule has 8 heteroatoms. The molecule has 0 unspecified atom stereocenters. The van der Waals surface area contributed by atoms with E-state index >= 15 is 0 Å². The molecule has 0 aliphatic rings. The molecule has 0 radical (unpaired) electrons. The van der Waals surface area contributed by atoms with Crippen molar-refractivity contribution in [3.8, 4) is 0 Å². The van der Waals surface area contributed by atoms with Crippen LogP contribution >= 0.6 is 0 Å². The maximum atomic E-state index is 13.0. The van der Waals surface area contributed by atoms with Gasteiger partial charge in [-0.2, -0.15) is 5.10 Å². The van der Waals surface area contributed by atoms with Gasteiger partial charge in [0.1, 0.15) is 17.6 Å². The highest BCUT2D eigenvalue weighted by Gasteiger charge is 2.24. The fourth-order valence-electron chi connectivity index (χ4n) is 2.75. The van der Waals surface area contributed by atoms with E-state index in [9.17, 15) is 14.0 Å². The van der Waals surface area contributed by atoms with Crippen molar-refractivity contribution in [2.45, 2.75) is 33.2 Å². The lowest BCUT2D eigenvalue weighted by Gasteiger charge is -2.17. The highest BCUT2D eigenvalue weighted by Crippen LogP contribution is 2.19. The molecule has 1 atom stereocenters. The Kier molecular flexibility index (Phi) is 4.35. The average Bonchev–Trinajstić information content (AvgIpc) is 2.97. The summed E-state index contributed by atoms with van der Waals surface area (Å²) in [5.41, 5.74) is 0.658. The van der Waals surface area contributed by atoms with Gasteiger partial charge in [0.25, 0.3) is 5.56 Å². The largest absolute Gasteiger partial charge is 0.360 e. The van der Waals surface area contributed by atoms with Gasteiger partial charge in [-0.15, -0.1) is 0 Å². The highest BCUT2D eigenvalue weighted by molar-refractivity contribution is 5.93. The molecule has 0 bridgehead atoms. The van der Waals surface area contributed by atoms with E-state index in [-0.39, 0.29) is 5.52 Å². The van der Waals surface area contributed by atoms with Gasteiger partial charge in [0.05, 0.1) is 11.1 Å². The summed E-state index contributed by atoms with van der Waals surface area (Å²) in [6, 6.07) is 4.57. The second-order valence-electron chi connectivity index (χ2n) is 5.72. The molecule has 0 spiro atoms. The van der Waals surface area contributed by atoms with Crippen LogP contribution in [0.4, 0.5) is 10.1 Å². The van der Waals surface area contributed by atoms with Crippen LogP contribution in [-0.2, 0) is 4.79 Å². The molecular formula is C17H17FN4O3. The fraction of sp³-hybridized carbons (Fsp3) is 0.294. The number of benzene rings is 1. The Morgan fingerprint density at radius 1 is 1.32 bits per heavy atom. The molecule has 1 amide bonds. The second kappa shape index (κ2) is 6.46. The molecule has 1 aromatic carbocycles. The lowest BCUT2D eigenvalue weighted by Crippen LogP contribution is -2.35. The van der Waals surface area contributed by atoms with Crippen molar-refractivity contribution < 1.29 is 13.7 Å². The third-order valence-electron chi connectivity index (χ3n) is 3.99. The number of hydrogen-bond donors (Lipinski definition) is 1. The van der Waals surface area contributed by atoms with Gasteiger partial charge in [0.2, 0.25) is 5.91 Å². The predicted octanol–water partition coefficient (Wildman–Crippen LogP) is 2.73. The number of nitrogens with zero attached hydrogens (tertiary/aromatic N) is 3. The van der Waals surface area contributed by atoms with E-state index in [0.29, 0.717) is 28.9 Å². The Bertz CT molecular complexity index is 992. The van der Waals surface area contributed by atoms with Crippen LogP contribution in [-0.4, -0.2) is 20.8 Å². The fourth-order valence-corrected chi connectivity index (χ4v) is 2.75. The Balaban J connectivity index is 1.99. The van der Waals surface area contributed by atoms with Gasteiger partial charge in [0, 0.05) is 5.69 Å². The molecule has 3 aromatic rings. The summed E-state index contributed by atoms with van der Waals surface area (Å²) >= 11 is 0. The number of aromatic nitrogens is 3. The summed E-state index contributed by atoms with van der Waals surface area (Å²) in [6.45, 7) is 5.20. The van der Waals surface area contributed by atoms with Crippen LogP contribution in [0.15, 0.2) is 33.6 Å². The van der Waals surface area contributed by atoms with Gasteiger partial charge < -0.3 is 9.84 Å². The van der Waals surface area contributed by atoms with Crippen molar-refractivity contribution in [1.82, 2.24) is 14.9 Å². The number of nitrogens with one attached hydrogen (secondary N) is 1. The SMILES string of the molecule is CC[C@H](C(=O)Nc1ccc(F)cc1)n1nc(C)c2c(C)onc2c1=O. The molecule has 2 aromatic heterocycles. The zero-order valence-electron chi connectivity index (χ0n) is 14.0. The van der Waals surface area contributed by atoms with E-state index in [0.717, 1.165) is 4.68 Å². The molecule has 25 heavy (non-hydrogen) atoms. The molecule has 0 saturated carbocycles. The maximum absolute atomic E-state index is 13.0. The number of carbonyl (C=O) groups excluding carboxylic acids is 1. The van der Waals surface area contributed by atoms with Crippen molar-refractivity contribution in [1.29, 1.82) is 0 Å². The first-order chi connectivity index (χ1) is 11.9. The lowest BCUT2D eigenvalue weighted by atomic mass is 10.2. The minimum Gasteiger partial charge on any atom is -0.360 e. The monoisotopic (exact) mass is 344 g/mol. The van der Waals surface area contributed by atoms with E-state index in [1.165, 1.54) is 24.3 Å². The van der Waals surface area contributed by atoms with Crippen molar-refractivity contribution >= 4 is 22.5 Å². The molecule has 7 nitrogen and oxygen atoms in total. The van der Waals surface area contributed by atoms with Crippen LogP contribution in [0.3, 0.4) is 0 Å². The first kappa shape index (κ1) is 16.8. The zero-order chi connectivity index (χ0) is 18.1. The van der Waals surface area contributed by atoms with Gasteiger partial charge in [0.15, 0.2) is 5.52 Å². The molecule has 0 saturated heterocycles. The van der Waals surface area contributed by atoms with Gasteiger partial charge in [-0.1, -0.05) is 12.1 Å². The van der Waals surface area contributed by atoms with Crippen LogP contribution in [0.25, 0.3) is 10.9 Å². The summed E-state index contributed by atoms with van der Waals surface area (Å²) in [6.07, 6.45) is 0.349. The summed E-state index contributed by atoms with van der Waals surface area (Å²) in [4.78, 5) is 25.2. The maximum Gasteiger partial charge on any atom is 0.297 e. The minimum atomic E-state index is -0.822. The molecule has 0 fully saturated rings. The molecule has 2 heterocycles. The smallest absolute Gasteiger partial charge is 0.297 e. The van der Waals surface area contributed by atoms with Gasteiger partial charge in [-0.25, -0.2) is 9.07 Å². The number of anilines is 1. The van der Waals surface area contributed by atoms with E-state index in [4.69, 9.17) is 4.52 Å². The van der Waals surface area contributed by atoms with Gasteiger partial charge in [-0.05, 0) is 44.5 Å². The van der Waals surface area contributed by atoms with Crippen molar-refractivity contribution in [3.63, 3.8) is 0 Å². The second-order valence-corrected chi connectivity index (χ2v) is 5.72. The molecule has 130 valence electrons. The third-order valence-corrected chi connectivity index (χ3v) is 3.99. The summed E-state index contributed by atoms with van der Waals surface area (Å²) < 4.78 is 19.2. The number of carbonyl (C=O) groups is 1. The number of aryl methyl sites for hydroxylation is 2. The Morgan fingerprint density at radius 3 is 2.64 bits per heavy atom. The van der Waals surface area contributed by atoms with Crippen molar-refractivity contribution in [2.75, 3.05) is 5.32 Å². The summed E-state index contributed by atoms with van der Waals surface area (Å²) in [7, 11) is 0. The average molecular weight is 344 g/mol. The van der Waals surface area contributed by atoms with E-state index in [2.05, 4.69) is 15.6 Å². The van der Waals surface area contributed by atoms with Crippen LogP contribution in [0.1, 0.15) is 30.8 Å². The first-order valence-electron chi connectivity index (χ1n) is 7.84. The first-order valence-corrected chi connectivity index (χ1v) is 7.84. The number of amides is 1. The lowest BCUT2D eigenvalue weighted by molar-refractivity contribution is -0.119. The van der Waals surface area contributed by atoms with Gasteiger partial charge >= 0.3 is 0 Å². The third kappa shape index (κ3) is 3.02. The van der Waals surface area contributed by atoms with Crippen LogP contribution in [0.2, 0.25) is 0 Å². The number of hydrogen-bond acceptors (Lipinski definition) is 5. The van der Waals surface area contributed by atoms with Gasteiger partial charge in [-0.3, -0.25) is 9.59 Å². The molecular weight excluding hydrogens is 327 g/mol. The number of rotatable bonds is 4. The molecule has 0 aliphatic heterocycles. The predicted molar refractivity (Wildman–Crippen MR) is 89.9 cm³/mol. The van der Waals surface area contributed by atoms with Crippen LogP contribution < -0.4 is 10.9 Å². The molecule has 3 rings (SSSR count). The van der Waals surface area contributed by atoms with Crippen molar-refractivity contribution in [2.24, 2.45) is 0 Å². The summed E-state index contributed by atoms with van der Waals surface area (Å²) in [5.74, 6) is -0.304. The van der Waals surface area contributed by atoms with Crippen LogP contribution in [0, 0.1) is 19.7 Å². The quantitative estimate of drug-likeness (QED) is 0.786. The Morgan fingerprint density at radius 2 is 2.00 bits per heavy atom. The standard InChI is InChI=1S/C17H17FN4O3/c1-4-13(16(23)19-12-7-5-11(18)6-8-12)22-17(24)15-14(9(2)20-22)10(3)25-21-15/h5-8,13H,4H2,1-3H3,(H,19,23)/t13-/m1/s1. The van der Waals surface area contributed by atoms with Crippen LogP contribution in [0.5, 0.6) is 0 Å². The molecule has 0 aliphatic carbocycles. The van der Waals surface area contributed by atoms with E-state index < -0.39 is 23.3 Å². The summed E-state index contributed by atoms with van der Waals surface area (Å²) in [5, 5.41) is 11.3. The Hall–Kier alpha value is -3.03. The van der Waals surface area contributed by atoms with E-state index in [1.807, 2.05) is 0 Å². The zero-order valence-corrected chi connectivity index (χ0v) is 14.0. The number of fused-ring (bicyclic) bond motifs is 1. The highest BCUT2D eigenvalue weighted by atomic mass is 19.1. The van der Waals surface area contributed by atoms with Crippen molar-refractivity contribution in [3.05, 3.63) is 51.9 Å².